The van der Waals surface area contributed by atoms with Gasteiger partial charge in [-0.3, -0.25) is 9.48 Å². The van der Waals surface area contributed by atoms with E-state index in [1.54, 1.807) is 20.0 Å². The molecule has 0 aliphatic heterocycles. The van der Waals surface area contributed by atoms with Gasteiger partial charge in [-0.2, -0.15) is 18.3 Å². The number of rotatable bonds is 7. The Hall–Kier alpha value is -3.83. The molecule has 31 heavy (non-hydrogen) atoms. The van der Waals surface area contributed by atoms with Crippen LogP contribution in [0.1, 0.15) is 21.6 Å². The highest BCUT2D eigenvalue weighted by Gasteiger charge is 2.34. The highest BCUT2D eigenvalue weighted by molar-refractivity contribution is 5.99. The Morgan fingerprint density at radius 3 is 2.52 bits per heavy atom. The number of hydrogen-bond acceptors (Lipinski definition) is 6. The predicted molar refractivity (Wildman–Crippen MR) is 105 cm³/mol. The summed E-state index contributed by atoms with van der Waals surface area (Å²) in [5, 5.41) is 9.61. The van der Waals surface area contributed by atoms with E-state index >= 15 is 0 Å². The molecule has 12 heteroatoms. The monoisotopic (exact) mass is 438 g/mol. The number of hydrogen-bond donors (Lipinski definition) is 3. The third kappa shape index (κ3) is 5.02. The van der Waals surface area contributed by atoms with Gasteiger partial charge in [0.05, 0.1) is 28.2 Å². The van der Waals surface area contributed by atoms with Crippen LogP contribution in [0.3, 0.4) is 0 Å². The van der Waals surface area contributed by atoms with Gasteiger partial charge in [-0.25, -0.2) is 9.37 Å². The molecule has 1 amide bonds. The highest BCUT2D eigenvalue weighted by atomic mass is 19.4. The Labute approximate surface area is 174 Å². The van der Waals surface area contributed by atoms with Crippen LogP contribution >= 0.6 is 0 Å². The van der Waals surface area contributed by atoms with Crippen LogP contribution in [-0.2, 0) is 13.2 Å². The summed E-state index contributed by atoms with van der Waals surface area (Å²) in [6, 6.07) is 6.53. The van der Waals surface area contributed by atoms with Gasteiger partial charge in [-0.1, -0.05) is 0 Å². The van der Waals surface area contributed by atoms with Crippen molar-refractivity contribution in [1.82, 2.24) is 14.8 Å². The zero-order valence-corrected chi connectivity index (χ0v) is 16.4. The van der Waals surface area contributed by atoms with Crippen molar-refractivity contribution < 1.29 is 27.1 Å². The number of anilines is 4. The minimum atomic E-state index is -4.72. The van der Waals surface area contributed by atoms with Crippen molar-refractivity contribution in [3.8, 4) is 5.75 Å². The zero-order valence-electron chi connectivity index (χ0n) is 16.4. The summed E-state index contributed by atoms with van der Waals surface area (Å²) in [7, 11) is 1.67. The SMILES string of the molecule is Cc1cc(Nc2cc(Nc3ccc(OCF)cc3C(N)=O)c(C(F)(F)F)cn2)n(C)n1. The van der Waals surface area contributed by atoms with E-state index in [1.165, 1.54) is 16.8 Å². The first kappa shape index (κ1) is 21.9. The fraction of sp³-hybridized carbons (Fsp3) is 0.211. The number of aromatic nitrogens is 3. The summed E-state index contributed by atoms with van der Waals surface area (Å²) in [5.74, 6) is -0.308. The summed E-state index contributed by atoms with van der Waals surface area (Å²) in [6.07, 6.45) is -4.06. The largest absolute Gasteiger partial charge is 0.463 e. The average molecular weight is 438 g/mol. The number of nitrogens with two attached hydrogens (primary N) is 1. The number of pyridine rings is 1. The summed E-state index contributed by atoms with van der Waals surface area (Å²) in [4.78, 5) is 15.6. The molecule has 0 saturated carbocycles. The van der Waals surface area contributed by atoms with Crippen LogP contribution in [0.2, 0.25) is 0 Å². The van der Waals surface area contributed by atoms with Gasteiger partial charge in [0.2, 0.25) is 6.86 Å². The summed E-state index contributed by atoms with van der Waals surface area (Å²) < 4.78 is 59.2. The number of aryl methyl sites for hydroxylation is 2. The molecule has 0 aliphatic carbocycles. The molecule has 4 N–H and O–H groups in total. The lowest BCUT2D eigenvalue weighted by Gasteiger charge is -2.17. The van der Waals surface area contributed by atoms with E-state index in [1.807, 2.05) is 0 Å². The highest BCUT2D eigenvalue weighted by Crippen LogP contribution is 2.38. The molecule has 0 unspecified atom stereocenters. The molecule has 2 aromatic heterocycles. The second kappa shape index (κ2) is 8.50. The van der Waals surface area contributed by atoms with E-state index in [-0.39, 0.29) is 28.5 Å². The number of alkyl halides is 4. The molecule has 3 rings (SSSR count). The fourth-order valence-corrected chi connectivity index (χ4v) is 2.85. The zero-order chi connectivity index (χ0) is 22.8. The number of ether oxygens (including phenoxy) is 1. The van der Waals surface area contributed by atoms with E-state index in [4.69, 9.17) is 5.73 Å². The molecule has 0 aliphatic rings. The van der Waals surface area contributed by atoms with Crippen LogP contribution in [-0.4, -0.2) is 27.5 Å². The number of halogens is 4. The molecule has 0 bridgehead atoms. The van der Waals surface area contributed by atoms with Crippen LogP contribution < -0.4 is 21.1 Å². The normalized spacial score (nSPS) is 11.3. The van der Waals surface area contributed by atoms with Gasteiger partial charge in [0.25, 0.3) is 5.91 Å². The van der Waals surface area contributed by atoms with E-state index in [9.17, 15) is 22.4 Å². The van der Waals surface area contributed by atoms with Crippen molar-refractivity contribution in [3.63, 3.8) is 0 Å². The van der Waals surface area contributed by atoms with Crippen molar-refractivity contribution in [1.29, 1.82) is 0 Å². The lowest BCUT2D eigenvalue weighted by Crippen LogP contribution is -2.15. The molecule has 0 radical (unpaired) electrons. The van der Waals surface area contributed by atoms with E-state index in [0.717, 1.165) is 12.1 Å². The summed E-state index contributed by atoms with van der Waals surface area (Å²) in [6.45, 7) is 0.621. The minimum absolute atomic E-state index is 0.00144. The second-order valence-corrected chi connectivity index (χ2v) is 6.48. The second-order valence-electron chi connectivity index (χ2n) is 6.48. The molecule has 8 nitrogen and oxygen atoms in total. The number of benzene rings is 1. The maximum absolute atomic E-state index is 13.5. The van der Waals surface area contributed by atoms with Gasteiger partial charge in [-0.15, -0.1) is 0 Å². The quantitative estimate of drug-likeness (QED) is 0.481. The smallest absolute Gasteiger partial charge is 0.419 e. The minimum Gasteiger partial charge on any atom is -0.463 e. The lowest BCUT2D eigenvalue weighted by atomic mass is 10.1. The maximum atomic E-state index is 13.5. The third-order valence-corrected chi connectivity index (χ3v) is 4.21. The first-order valence-corrected chi connectivity index (χ1v) is 8.83. The van der Waals surface area contributed by atoms with Gasteiger partial charge >= 0.3 is 6.18 Å². The van der Waals surface area contributed by atoms with Gasteiger partial charge < -0.3 is 21.1 Å². The predicted octanol–water partition coefficient (Wildman–Crippen LogP) is 4.03. The molecule has 0 atom stereocenters. The molecule has 0 spiro atoms. The first-order chi connectivity index (χ1) is 14.6. The average Bonchev–Trinajstić information content (AvgIpc) is 2.99. The molecule has 1 aromatic carbocycles. The standard InChI is InChI=1S/C19H18F4N6O2/c1-10-5-17(29(2)28-10)27-16-7-15(13(8-25-16)19(21,22)23)26-14-4-3-11(31-9-20)6-12(14)18(24)30/h3-8H,9H2,1-2H3,(H2,24,30)(H2,25,26,27). The molecular weight excluding hydrogens is 420 g/mol. The number of primary amides is 1. The number of nitrogens with zero attached hydrogens (tertiary/aromatic N) is 3. The van der Waals surface area contributed by atoms with Crippen LogP contribution in [0, 0.1) is 6.92 Å². The topological polar surface area (TPSA) is 107 Å². The van der Waals surface area contributed by atoms with E-state index in [2.05, 4.69) is 25.5 Å². The van der Waals surface area contributed by atoms with Gasteiger partial charge in [0.15, 0.2) is 0 Å². The first-order valence-electron chi connectivity index (χ1n) is 8.83. The Bertz CT molecular complexity index is 1110. The van der Waals surface area contributed by atoms with Crippen molar-refractivity contribution in [3.05, 3.63) is 53.3 Å². The molecule has 2 heterocycles. The number of amides is 1. The Morgan fingerprint density at radius 2 is 1.94 bits per heavy atom. The van der Waals surface area contributed by atoms with Gasteiger partial charge in [0, 0.05) is 25.4 Å². The van der Waals surface area contributed by atoms with Crippen molar-refractivity contribution in [2.75, 3.05) is 17.5 Å². The number of carbonyl (C=O) groups excluding carboxylic acids is 1. The molecule has 0 saturated heterocycles. The van der Waals surface area contributed by atoms with Gasteiger partial charge in [-0.05, 0) is 25.1 Å². The molecular formula is C19H18F4N6O2. The number of carbonyl (C=O) groups is 1. The Balaban J connectivity index is 2.02. The Morgan fingerprint density at radius 1 is 1.19 bits per heavy atom. The van der Waals surface area contributed by atoms with Crippen molar-refractivity contribution in [2.24, 2.45) is 12.8 Å². The van der Waals surface area contributed by atoms with Crippen LogP contribution in [0.5, 0.6) is 5.75 Å². The summed E-state index contributed by atoms with van der Waals surface area (Å²) in [5.41, 5.74) is 4.41. The third-order valence-electron chi connectivity index (χ3n) is 4.21. The fourth-order valence-electron chi connectivity index (χ4n) is 2.85. The maximum Gasteiger partial charge on any atom is 0.419 e. The number of nitrogens with one attached hydrogen (secondary N) is 2. The van der Waals surface area contributed by atoms with Crippen LogP contribution in [0.25, 0.3) is 0 Å². The molecule has 164 valence electrons. The van der Waals surface area contributed by atoms with E-state index in [0.29, 0.717) is 17.7 Å². The van der Waals surface area contributed by atoms with Crippen LogP contribution in [0.15, 0.2) is 36.5 Å². The summed E-state index contributed by atoms with van der Waals surface area (Å²) >= 11 is 0. The van der Waals surface area contributed by atoms with Crippen molar-refractivity contribution >= 4 is 28.9 Å². The molecule has 0 fully saturated rings. The van der Waals surface area contributed by atoms with Crippen molar-refractivity contribution in [2.45, 2.75) is 13.1 Å². The lowest BCUT2D eigenvalue weighted by molar-refractivity contribution is -0.137. The van der Waals surface area contributed by atoms with Gasteiger partial charge in [0.1, 0.15) is 17.4 Å². The van der Waals surface area contributed by atoms with Crippen LogP contribution in [0.4, 0.5) is 40.6 Å². The van der Waals surface area contributed by atoms with E-state index < -0.39 is 24.5 Å². The molecule has 3 aromatic rings. The Kier molecular flexibility index (Phi) is 5.99.